The Labute approximate surface area is 358 Å². The standard InChI is InChI=1S/C59H46N2/c1-37-54(35-34-48-44-19-4-10-22-49(44)58(2,3)57(37)48)60(38-28-30-39(31-29-38)61-55-26-14-8-20-46(55)47-21-9-15-27-56(47)61)40-32-33-45-43-18-7-13-25-52(43)59(53(45)36-40)50-23-11-5-16-41(50)42-17-6-12-24-51(42)59/h5-18,20-37,54H,4,19H2,1-3H3. The summed E-state index contributed by atoms with van der Waals surface area (Å²) in [7, 11) is 0. The van der Waals surface area contributed by atoms with Gasteiger partial charge in [0.05, 0.1) is 22.5 Å². The molecule has 1 aromatic heterocycles. The van der Waals surface area contributed by atoms with E-state index in [1.165, 1.54) is 94.5 Å². The number of fused-ring (bicyclic) bond motifs is 14. The summed E-state index contributed by atoms with van der Waals surface area (Å²) in [6.07, 6.45) is 12.1. The highest BCUT2D eigenvalue weighted by Gasteiger charge is 2.52. The Morgan fingerprint density at radius 1 is 0.557 bits per heavy atom. The van der Waals surface area contributed by atoms with Gasteiger partial charge in [-0.1, -0.05) is 160 Å². The highest BCUT2D eigenvalue weighted by molar-refractivity contribution is 6.09. The first-order valence-corrected chi connectivity index (χ1v) is 22.1. The Morgan fingerprint density at radius 2 is 1.10 bits per heavy atom. The first-order chi connectivity index (χ1) is 30.0. The van der Waals surface area contributed by atoms with Crippen LogP contribution in [0.2, 0.25) is 0 Å². The third kappa shape index (κ3) is 4.52. The van der Waals surface area contributed by atoms with E-state index in [4.69, 9.17) is 0 Å². The van der Waals surface area contributed by atoms with Crippen LogP contribution in [0.25, 0.3) is 49.7 Å². The van der Waals surface area contributed by atoms with Crippen molar-refractivity contribution in [3.8, 4) is 27.9 Å². The molecular weight excluding hydrogens is 737 g/mol. The molecule has 2 atom stereocenters. The Balaban J connectivity index is 1.02. The molecule has 5 aliphatic rings. The zero-order chi connectivity index (χ0) is 40.6. The van der Waals surface area contributed by atoms with E-state index < -0.39 is 5.41 Å². The highest BCUT2D eigenvalue weighted by atomic mass is 15.2. The van der Waals surface area contributed by atoms with E-state index in [-0.39, 0.29) is 17.4 Å². The summed E-state index contributed by atoms with van der Waals surface area (Å²) in [6.45, 7) is 7.41. The molecule has 8 aromatic rings. The molecule has 0 saturated heterocycles. The fraction of sp³-hybridized carbons (Fsp3) is 0.153. The minimum absolute atomic E-state index is 0.0308. The summed E-state index contributed by atoms with van der Waals surface area (Å²) in [5.41, 5.74) is 22.5. The van der Waals surface area contributed by atoms with Gasteiger partial charge < -0.3 is 9.47 Å². The van der Waals surface area contributed by atoms with E-state index in [9.17, 15) is 0 Å². The summed E-state index contributed by atoms with van der Waals surface area (Å²) in [6, 6.07) is 61.9. The van der Waals surface area contributed by atoms with Gasteiger partial charge >= 0.3 is 0 Å². The van der Waals surface area contributed by atoms with Gasteiger partial charge in [0, 0.05) is 39.2 Å². The van der Waals surface area contributed by atoms with Crippen molar-refractivity contribution in [2.24, 2.45) is 11.3 Å². The average Bonchev–Trinajstić information content (AvgIpc) is 3.98. The lowest BCUT2D eigenvalue weighted by atomic mass is 9.70. The molecule has 7 aromatic carbocycles. The predicted molar refractivity (Wildman–Crippen MR) is 254 cm³/mol. The molecule has 0 radical (unpaired) electrons. The van der Waals surface area contributed by atoms with Crippen LogP contribution in [0.15, 0.2) is 210 Å². The molecule has 0 aliphatic heterocycles. The van der Waals surface area contributed by atoms with Crippen LogP contribution in [0, 0.1) is 11.3 Å². The molecule has 0 saturated carbocycles. The largest absolute Gasteiger partial charge is 0.334 e. The molecule has 1 heterocycles. The molecule has 292 valence electrons. The molecule has 61 heavy (non-hydrogen) atoms. The number of anilines is 2. The maximum absolute atomic E-state index is 2.66. The van der Waals surface area contributed by atoms with Crippen LogP contribution in [0.4, 0.5) is 11.4 Å². The van der Waals surface area contributed by atoms with E-state index >= 15 is 0 Å². The van der Waals surface area contributed by atoms with Crippen molar-refractivity contribution < 1.29 is 0 Å². The molecule has 2 nitrogen and oxygen atoms in total. The molecule has 0 fully saturated rings. The normalized spacial score (nSPS) is 19.6. The maximum atomic E-state index is 2.66. The maximum Gasteiger partial charge on any atom is 0.0726 e. The third-order valence-electron chi connectivity index (χ3n) is 15.1. The fourth-order valence-electron chi connectivity index (χ4n) is 12.7. The Bertz CT molecular complexity index is 3190. The summed E-state index contributed by atoms with van der Waals surface area (Å²) in [4.78, 5) is 2.66. The van der Waals surface area contributed by atoms with Gasteiger partial charge in [-0.25, -0.2) is 0 Å². The lowest BCUT2D eigenvalue weighted by Gasteiger charge is -2.42. The fourth-order valence-corrected chi connectivity index (χ4v) is 12.7. The van der Waals surface area contributed by atoms with Crippen molar-refractivity contribution in [2.75, 3.05) is 4.90 Å². The zero-order valence-electron chi connectivity index (χ0n) is 34.9. The van der Waals surface area contributed by atoms with Crippen LogP contribution in [0.5, 0.6) is 0 Å². The number of hydrogen-bond acceptors (Lipinski definition) is 1. The van der Waals surface area contributed by atoms with Crippen LogP contribution < -0.4 is 4.90 Å². The second-order valence-electron chi connectivity index (χ2n) is 18.3. The van der Waals surface area contributed by atoms with Crippen molar-refractivity contribution in [1.82, 2.24) is 4.57 Å². The highest BCUT2D eigenvalue weighted by Crippen LogP contribution is 2.63. The summed E-state index contributed by atoms with van der Waals surface area (Å²) >= 11 is 0. The number of nitrogens with zero attached hydrogens (tertiary/aromatic N) is 2. The Kier molecular flexibility index (Phi) is 7.19. The molecule has 0 N–H and O–H groups in total. The molecule has 13 rings (SSSR count). The van der Waals surface area contributed by atoms with Gasteiger partial charge in [-0.05, 0) is 128 Å². The first kappa shape index (κ1) is 34.9. The quantitative estimate of drug-likeness (QED) is 0.173. The summed E-state index contributed by atoms with van der Waals surface area (Å²) in [5.74, 6) is 0.276. The van der Waals surface area contributed by atoms with Gasteiger partial charge in [-0.15, -0.1) is 0 Å². The average molecular weight is 783 g/mol. The van der Waals surface area contributed by atoms with Crippen molar-refractivity contribution >= 4 is 33.2 Å². The van der Waals surface area contributed by atoms with E-state index in [0.717, 1.165) is 12.8 Å². The first-order valence-electron chi connectivity index (χ1n) is 22.1. The second kappa shape index (κ2) is 12.6. The molecule has 1 spiro atoms. The molecular formula is C59H46N2. The monoisotopic (exact) mass is 782 g/mol. The minimum atomic E-state index is -0.409. The summed E-state index contributed by atoms with van der Waals surface area (Å²) in [5, 5.41) is 2.56. The van der Waals surface area contributed by atoms with Gasteiger partial charge in [-0.3, -0.25) is 0 Å². The Morgan fingerprint density at radius 3 is 1.72 bits per heavy atom. The van der Waals surface area contributed by atoms with Crippen LogP contribution >= 0.6 is 0 Å². The molecule has 0 amide bonds. The minimum Gasteiger partial charge on any atom is -0.334 e. The predicted octanol–water partition coefficient (Wildman–Crippen LogP) is 14.8. The summed E-state index contributed by atoms with van der Waals surface area (Å²) < 4.78 is 2.43. The van der Waals surface area contributed by atoms with E-state index in [1.54, 1.807) is 11.1 Å². The number of benzene rings is 7. The zero-order valence-corrected chi connectivity index (χ0v) is 34.9. The van der Waals surface area contributed by atoms with Crippen LogP contribution in [0.3, 0.4) is 0 Å². The number of aromatic nitrogens is 1. The Hall–Kier alpha value is -6.90. The third-order valence-corrected chi connectivity index (χ3v) is 15.1. The van der Waals surface area contributed by atoms with Crippen LogP contribution in [-0.2, 0) is 5.41 Å². The van der Waals surface area contributed by atoms with Crippen molar-refractivity contribution in [2.45, 2.75) is 45.1 Å². The second-order valence-corrected chi connectivity index (χ2v) is 18.3. The van der Waals surface area contributed by atoms with Gasteiger partial charge in [0.1, 0.15) is 0 Å². The number of rotatable bonds is 4. The number of hydrogen-bond donors (Lipinski definition) is 0. The molecule has 2 unspecified atom stereocenters. The van der Waals surface area contributed by atoms with Crippen molar-refractivity contribution in [1.29, 1.82) is 0 Å². The van der Waals surface area contributed by atoms with E-state index in [2.05, 4.69) is 218 Å². The van der Waals surface area contributed by atoms with Crippen LogP contribution in [0.1, 0.15) is 55.9 Å². The smallest absolute Gasteiger partial charge is 0.0726 e. The molecule has 0 bridgehead atoms. The molecule has 2 heteroatoms. The van der Waals surface area contributed by atoms with Gasteiger partial charge in [0.25, 0.3) is 0 Å². The van der Waals surface area contributed by atoms with E-state index in [1.807, 2.05) is 0 Å². The lowest BCUT2D eigenvalue weighted by Crippen LogP contribution is -2.40. The molecule has 5 aliphatic carbocycles. The van der Waals surface area contributed by atoms with Crippen molar-refractivity contribution in [3.63, 3.8) is 0 Å². The van der Waals surface area contributed by atoms with Gasteiger partial charge in [0.2, 0.25) is 0 Å². The number of para-hydroxylation sites is 2. The lowest BCUT2D eigenvalue weighted by molar-refractivity contribution is 0.445. The van der Waals surface area contributed by atoms with Gasteiger partial charge in [0.15, 0.2) is 0 Å². The van der Waals surface area contributed by atoms with Crippen LogP contribution in [-0.4, -0.2) is 10.6 Å². The SMILES string of the molecule is CC1C2=C(C=CC1N(c1ccc(-n3c4ccccc4c4ccccc43)cc1)c1ccc3c(c1)C1(c4ccccc4-c4ccccc41)c1ccccc1-3)C1=C(C=CCC1)C2(C)C. The van der Waals surface area contributed by atoms with Gasteiger partial charge in [-0.2, -0.15) is 0 Å². The topological polar surface area (TPSA) is 8.17 Å². The van der Waals surface area contributed by atoms with Crippen molar-refractivity contribution in [3.05, 3.63) is 233 Å². The number of allylic oxidation sites excluding steroid dienone is 6. The van der Waals surface area contributed by atoms with E-state index in [0.29, 0.717) is 0 Å².